The highest BCUT2D eigenvalue weighted by Gasteiger charge is 2.36. The van der Waals surface area contributed by atoms with Gasteiger partial charge < -0.3 is 15.5 Å². The van der Waals surface area contributed by atoms with E-state index >= 15 is 0 Å². The molecule has 1 aliphatic heterocycles. The van der Waals surface area contributed by atoms with E-state index < -0.39 is 6.04 Å². The third-order valence-electron chi connectivity index (χ3n) is 7.26. The standard InChI is InChI=1S/C29H31N3O3/c33-27(21-8-2-1-3-9-21)30-24-14-16-25(17-15-24)31-28(34)26-11-6-18-32(26)29(35)23-13-12-20-7-4-5-10-22(20)19-23/h1-5,7-10,12-13,19,24-26H,6,11,14-18H2,(H,30,33)(H,31,34)/t24?,25?,26-/m0/s1. The molecule has 2 N–H and O–H groups in total. The van der Waals surface area contributed by atoms with E-state index in [0.29, 0.717) is 24.1 Å². The molecule has 1 saturated carbocycles. The fourth-order valence-corrected chi connectivity index (χ4v) is 5.31. The molecule has 0 bridgehead atoms. The number of rotatable bonds is 5. The summed E-state index contributed by atoms with van der Waals surface area (Å²) in [5.74, 6) is -0.193. The van der Waals surface area contributed by atoms with Crippen molar-refractivity contribution >= 4 is 28.5 Å². The molecule has 3 amide bonds. The van der Waals surface area contributed by atoms with Gasteiger partial charge >= 0.3 is 0 Å². The number of carbonyl (C=O) groups excluding carboxylic acids is 3. The Morgan fingerprint density at radius 3 is 2.09 bits per heavy atom. The number of fused-ring (bicyclic) bond motifs is 1. The van der Waals surface area contributed by atoms with Crippen LogP contribution in [0.3, 0.4) is 0 Å². The van der Waals surface area contributed by atoms with Crippen molar-refractivity contribution in [2.45, 2.75) is 56.7 Å². The van der Waals surface area contributed by atoms with Gasteiger partial charge in [0.05, 0.1) is 0 Å². The molecule has 1 saturated heterocycles. The fraction of sp³-hybridized carbons (Fsp3) is 0.345. The average molecular weight is 470 g/mol. The lowest BCUT2D eigenvalue weighted by Gasteiger charge is -2.31. The van der Waals surface area contributed by atoms with E-state index in [2.05, 4.69) is 10.6 Å². The maximum atomic E-state index is 13.3. The van der Waals surface area contributed by atoms with Crippen molar-refractivity contribution in [2.24, 2.45) is 0 Å². The van der Waals surface area contributed by atoms with Crippen molar-refractivity contribution in [1.82, 2.24) is 15.5 Å². The van der Waals surface area contributed by atoms with Gasteiger partial charge in [-0.05, 0) is 73.6 Å². The molecule has 6 heteroatoms. The van der Waals surface area contributed by atoms with Crippen LogP contribution in [-0.2, 0) is 4.79 Å². The van der Waals surface area contributed by atoms with Gasteiger partial charge in [-0.3, -0.25) is 14.4 Å². The first kappa shape index (κ1) is 23.1. The second-order valence-electron chi connectivity index (χ2n) is 9.62. The molecule has 0 radical (unpaired) electrons. The molecular weight excluding hydrogens is 438 g/mol. The molecule has 3 aromatic rings. The van der Waals surface area contributed by atoms with Crippen LogP contribution in [0.5, 0.6) is 0 Å². The summed E-state index contributed by atoms with van der Waals surface area (Å²) < 4.78 is 0. The van der Waals surface area contributed by atoms with E-state index in [1.807, 2.05) is 72.8 Å². The number of benzene rings is 3. The van der Waals surface area contributed by atoms with Crippen LogP contribution in [0.2, 0.25) is 0 Å². The number of carbonyl (C=O) groups is 3. The van der Waals surface area contributed by atoms with Crippen molar-refractivity contribution < 1.29 is 14.4 Å². The van der Waals surface area contributed by atoms with Crippen LogP contribution in [-0.4, -0.2) is 47.3 Å². The van der Waals surface area contributed by atoms with Crippen molar-refractivity contribution in [2.75, 3.05) is 6.54 Å². The van der Waals surface area contributed by atoms with Gasteiger partial charge in [-0.25, -0.2) is 0 Å². The number of nitrogens with one attached hydrogen (secondary N) is 2. The van der Waals surface area contributed by atoms with Gasteiger partial charge in [0, 0.05) is 29.8 Å². The van der Waals surface area contributed by atoms with E-state index in [1.165, 1.54) is 0 Å². The minimum absolute atomic E-state index is 0.0492. The molecule has 1 heterocycles. The van der Waals surface area contributed by atoms with Crippen molar-refractivity contribution in [1.29, 1.82) is 0 Å². The highest BCUT2D eigenvalue weighted by atomic mass is 16.2. The lowest BCUT2D eigenvalue weighted by atomic mass is 9.90. The van der Waals surface area contributed by atoms with E-state index in [0.717, 1.165) is 42.9 Å². The molecule has 0 unspecified atom stereocenters. The Morgan fingerprint density at radius 2 is 1.34 bits per heavy atom. The number of amides is 3. The second kappa shape index (κ2) is 10.3. The number of hydrogen-bond donors (Lipinski definition) is 2. The van der Waals surface area contributed by atoms with E-state index in [9.17, 15) is 14.4 Å². The summed E-state index contributed by atoms with van der Waals surface area (Å²) in [4.78, 5) is 40.6. The third kappa shape index (κ3) is 5.21. The first-order chi connectivity index (χ1) is 17.1. The Morgan fingerprint density at radius 1 is 0.686 bits per heavy atom. The number of likely N-dealkylation sites (tertiary alicyclic amines) is 1. The number of hydrogen-bond acceptors (Lipinski definition) is 3. The van der Waals surface area contributed by atoms with Crippen LogP contribution >= 0.6 is 0 Å². The molecule has 1 atom stereocenters. The van der Waals surface area contributed by atoms with Crippen LogP contribution < -0.4 is 10.6 Å². The van der Waals surface area contributed by atoms with E-state index in [-0.39, 0.29) is 29.8 Å². The SMILES string of the molecule is O=C(NC1CCC(NC(=O)[C@@H]2CCCN2C(=O)c2ccc3ccccc3c2)CC1)c1ccccc1. The smallest absolute Gasteiger partial charge is 0.254 e. The van der Waals surface area contributed by atoms with Gasteiger partial charge in [0.15, 0.2) is 0 Å². The van der Waals surface area contributed by atoms with Crippen LogP contribution in [0.25, 0.3) is 10.8 Å². The zero-order valence-corrected chi connectivity index (χ0v) is 19.8. The van der Waals surface area contributed by atoms with Crippen LogP contribution in [0.4, 0.5) is 0 Å². The summed E-state index contributed by atoms with van der Waals surface area (Å²) in [7, 11) is 0. The largest absolute Gasteiger partial charge is 0.352 e. The summed E-state index contributed by atoms with van der Waals surface area (Å²) in [5, 5.41) is 8.41. The molecule has 0 aromatic heterocycles. The number of nitrogens with zero attached hydrogens (tertiary/aromatic N) is 1. The van der Waals surface area contributed by atoms with Gasteiger partial charge in [-0.1, -0.05) is 48.5 Å². The molecular formula is C29H31N3O3. The zero-order chi connectivity index (χ0) is 24.2. The Kier molecular flexibility index (Phi) is 6.80. The molecule has 180 valence electrons. The van der Waals surface area contributed by atoms with Gasteiger partial charge in [-0.15, -0.1) is 0 Å². The van der Waals surface area contributed by atoms with Crippen molar-refractivity contribution in [3.63, 3.8) is 0 Å². The molecule has 1 aliphatic carbocycles. The first-order valence-corrected chi connectivity index (χ1v) is 12.5. The second-order valence-corrected chi connectivity index (χ2v) is 9.62. The molecule has 3 aromatic carbocycles. The maximum absolute atomic E-state index is 13.3. The third-order valence-corrected chi connectivity index (χ3v) is 7.26. The van der Waals surface area contributed by atoms with Crippen LogP contribution in [0.15, 0.2) is 72.8 Å². The van der Waals surface area contributed by atoms with Gasteiger partial charge in [0.1, 0.15) is 6.04 Å². The fourth-order valence-electron chi connectivity index (χ4n) is 5.31. The zero-order valence-electron chi connectivity index (χ0n) is 19.8. The van der Waals surface area contributed by atoms with E-state index in [1.54, 1.807) is 4.90 Å². The molecule has 6 nitrogen and oxygen atoms in total. The predicted molar refractivity (Wildman–Crippen MR) is 136 cm³/mol. The van der Waals surface area contributed by atoms with Gasteiger partial charge in [-0.2, -0.15) is 0 Å². The first-order valence-electron chi connectivity index (χ1n) is 12.5. The Labute approximate surface area is 205 Å². The monoisotopic (exact) mass is 469 g/mol. The predicted octanol–water partition coefficient (Wildman–Crippen LogP) is 4.30. The van der Waals surface area contributed by atoms with Crippen molar-refractivity contribution in [3.8, 4) is 0 Å². The lowest BCUT2D eigenvalue weighted by Crippen LogP contribution is -2.50. The van der Waals surface area contributed by atoms with Crippen LogP contribution in [0.1, 0.15) is 59.2 Å². The average Bonchev–Trinajstić information content (AvgIpc) is 3.40. The van der Waals surface area contributed by atoms with Crippen LogP contribution in [0, 0.1) is 0 Å². The molecule has 2 fully saturated rings. The van der Waals surface area contributed by atoms with Crippen molar-refractivity contribution in [3.05, 3.63) is 83.9 Å². The highest BCUT2D eigenvalue weighted by Crippen LogP contribution is 2.24. The highest BCUT2D eigenvalue weighted by molar-refractivity contribution is 6.01. The molecule has 5 rings (SSSR count). The Bertz CT molecular complexity index is 1220. The summed E-state index contributed by atoms with van der Waals surface area (Å²) in [6.45, 7) is 0.599. The summed E-state index contributed by atoms with van der Waals surface area (Å²) in [5.41, 5.74) is 1.29. The summed E-state index contributed by atoms with van der Waals surface area (Å²) in [6.07, 6.45) is 4.80. The molecule has 2 aliphatic rings. The molecule has 0 spiro atoms. The molecule has 35 heavy (non-hydrogen) atoms. The quantitative estimate of drug-likeness (QED) is 0.585. The Balaban J connectivity index is 1.15. The maximum Gasteiger partial charge on any atom is 0.254 e. The minimum atomic E-state index is -0.426. The van der Waals surface area contributed by atoms with Gasteiger partial charge in [0.25, 0.3) is 11.8 Å². The normalized spacial score (nSPS) is 22.1. The topological polar surface area (TPSA) is 78.5 Å². The summed E-state index contributed by atoms with van der Waals surface area (Å²) >= 11 is 0. The summed E-state index contributed by atoms with van der Waals surface area (Å²) in [6, 6.07) is 22.7. The van der Waals surface area contributed by atoms with Gasteiger partial charge in [0.2, 0.25) is 5.91 Å². The Hall–Kier alpha value is -3.67. The minimum Gasteiger partial charge on any atom is -0.352 e. The lowest BCUT2D eigenvalue weighted by molar-refractivity contribution is -0.125. The van der Waals surface area contributed by atoms with E-state index in [4.69, 9.17) is 0 Å².